The van der Waals surface area contributed by atoms with Crippen molar-refractivity contribution in [1.29, 1.82) is 0 Å². The van der Waals surface area contributed by atoms with Gasteiger partial charge in [-0.25, -0.2) is 0 Å². The summed E-state index contributed by atoms with van der Waals surface area (Å²) >= 11 is 0. The van der Waals surface area contributed by atoms with Crippen molar-refractivity contribution >= 4 is 33.3 Å². The van der Waals surface area contributed by atoms with Crippen molar-refractivity contribution in [3.05, 3.63) is 78.6 Å². The van der Waals surface area contributed by atoms with Gasteiger partial charge in [0, 0.05) is 11.1 Å². The maximum atomic E-state index is 10.8. The van der Waals surface area contributed by atoms with E-state index in [0.29, 0.717) is 6.42 Å². The second-order valence-electron chi connectivity index (χ2n) is 5.50. The quantitative estimate of drug-likeness (QED) is 0.508. The van der Waals surface area contributed by atoms with Crippen molar-refractivity contribution < 1.29 is 9.21 Å². The van der Waals surface area contributed by atoms with Crippen molar-refractivity contribution in [3.8, 4) is 0 Å². The monoisotopic (exact) mass is 301 g/mol. The van der Waals surface area contributed by atoms with Crippen LogP contribution in [0.5, 0.6) is 0 Å². The summed E-state index contributed by atoms with van der Waals surface area (Å²) in [4.78, 5) is 10.8. The zero-order valence-corrected chi connectivity index (χ0v) is 12.5. The Bertz CT molecular complexity index is 974. The van der Waals surface area contributed by atoms with Crippen molar-refractivity contribution in [3.63, 3.8) is 0 Å². The number of rotatable bonds is 0. The van der Waals surface area contributed by atoms with Crippen LogP contribution in [0.25, 0.3) is 21.7 Å². The smallest absolute Gasteiger partial charge is 0.228 e. The van der Waals surface area contributed by atoms with Gasteiger partial charge >= 0.3 is 0 Å². The number of fused-ring (bicyclic) bond motifs is 4. The van der Waals surface area contributed by atoms with Crippen LogP contribution in [0.15, 0.2) is 77.4 Å². The number of hydrogen-bond donors (Lipinski definition) is 1. The average molecular weight is 301 g/mol. The standard InChI is InChI=1S/C12H8O.C8H7NO/c1-2-4-10-9(3-1)5-6-12-11(10)7-8-13-12;10-8-5-6-3-1-2-4-7(6)9-8/h1-8H;1-4H,5H2,(H,9,10). The molecule has 0 radical (unpaired) electrons. The molecule has 0 fully saturated rings. The number of amides is 1. The number of carbonyl (C=O) groups excluding carboxylic acids is 1. The first-order valence-corrected chi connectivity index (χ1v) is 7.54. The molecule has 1 N–H and O–H groups in total. The molecule has 0 unspecified atom stereocenters. The Morgan fingerprint density at radius 2 is 1.65 bits per heavy atom. The van der Waals surface area contributed by atoms with Crippen LogP contribution in [0.3, 0.4) is 0 Å². The van der Waals surface area contributed by atoms with Gasteiger partial charge in [-0.05, 0) is 34.5 Å². The Morgan fingerprint density at radius 3 is 2.57 bits per heavy atom. The van der Waals surface area contributed by atoms with Crippen molar-refractivity contribution in [2.45, 2.75) is 6.42 Å². The summed E-state index contributed by atoms with van der Waals surface area (Å²) in [6.45, 7) is 0. The van der Waals surface area contributed by atoms with E-state index in [0.717, 1.165) is 16.8 Å². The molecule has 3 nitrogen and oxygen atoms in total. The first-order valence-electron chi connectivity index (χ1n) is 7.54. The summed E-state index contributed by atoms with van der Waals surface area (Å²) in [5.74, 6) is 0.0983. The predicted octanol–water partition coefficient (Wildman–Crippen LogP) is 4.77. The van der Waals surface area contributed by atoms with Crippen LogP contribution < -0.4 is 5.32 Å². The normalized spacial score (nSPS) is 12.6. The van der Waals surface area contributed by atoms with Gasteiger partial charge in [-0.15, -0.1) is 0 Å². The molecule has 0 atom stereocenters. The Hall–Kier alpha value is -3.07. The first kappa shape index (κ1) is 13.6. The highest BCUT2D eigenvalue weighted by Crippen LogP contribution is 2.25. The summed E-state index contributed by atoms with van der Waals surface area (Å²) < 4.78 is 5.33. The van der Waals surface area contributed by atoms with E-state index in [1.807, 2.05) is 42.5 Å². The molecule has 23 heavy (non-hydrogen) atoms. The maximum Gasteiger partial charge on any atom is 0.228 e. The van der Waals surface area contributed by atoms with Crippen LogP contribution in [0.1, 0.15) is 5.56 Å². The Kier molecular flexibility index (Phi) is 3.31. The topological polar surface area (TPSA) is 42.2 Å². The van der Waals surface area contributed by atoms with Gasteiger partial charge in [0.1, 0.15) is 5.58 Å². The molecule has 1 aromatic heterocycles. The van der Waals surface area contributed by atoms with Gasteiger partial charge in [0.25, 0.3) is 0 Å². The molecule has 4 aromatic rings. The second-order valence-corrected chi connectivity index (χ2v) is 5.50. The minimum atomic E-state index is 0.0983. The highest BCUT2D eigenvalue weighted by atomic mass is 16.3. The van der Waals surface area contributed by atoms with E-state index in [1.54, 1.807) is 6.26 Å². The lowest BCUT2D eigenvalue weighted by Gasteiger charge is -1.96. The molecular formula is C20H15NO2. The molecule has 0 bridgehead atoms. The Morgan fingerprint density at radius 1 is 0.826 bits per heavy atom. The Labute approximate surface area is 133 Å². The number of anilines is 1. The molecule has 3 aromatic carbocycles. The highest BCUT2D eigenvalue weighted by Gasteiger charge is 2.15. The van der Waals surface area contributed by atoms with E-state index < -0.39 is 0 Å². The van der Waals surface area contributed by atoms with E-state index in [9.17, 15) is 4.79 Å². The maximum absolute atomic E-state index is 10.8. The van der Waals surface area contributed by atoms with Crippen molar-refractivity contribution in [1.82, 2.24) is 0 Å². The van der Waals surface area contributed by atoms with E-state index in [-0.39, 0.29) is 5.91 Å². The van der Waals surface area contributed by atoms with Crippen molar-refractivity contribution in [2.75, 3.05) is 5.32 Å². The Balaban J connectivity index is 0.000000122. The molecule has 1 aliphatic heterocycles. The number of nitrogens with one attached hydrogen (secondary N) is 1. The van der Waals surface area contributed by atoms with E-state index in [2.05, 4.69) is 29.6 Å². The fraction of sp³-hybridized carbons (Fsp3) is 0.0500. The summed E-state index contributed by atoms with van der Waals surface area (Å²) in [7, 11) is 0. The second kappa shape index (κ2) is 5.61. The zero-order valence-electron chi connectivity index (χ0n) is 12.5. The van der Waals surface area contributed by atoms with Crippen molar-refractivity contribution in [2.24, 2.45) is 0 Å². The highest BCUT2D eigenvalue weighted by molar-refractivity contribution is 6.05. The number of para-hydroxylation sites is 1. The number of furan rings is 1. The number of benzene rings is 3. The minimum Gasteiger partial charge on any atom is -0.464 e. The van der Waals surface area contributed by atoms with Gasteiger partial charge < -0.3 is 9.73 Å². The fourth-order valence-electron chi connectivity index (χ4n) is 2.89. The van der Waals surface area contributed by atoms with Crippen LogP contribution in [0.2, 0.25) is 0 Å². The first-order chi connectivity index (χ1) is 11.3. The molecule has 3 heteroatoms. The van der Waals surface area contributed by atoms with E-state index >= 15 is 0 Å². The van der Waals surface area contributed by atoms with Gasteiger partial charge in [0.2, 0.25) is 5.91 Å². The fourth-order valence-corrected chi connectivity index (χ4v) is 2.89. The molecule has 0 aliphatic carbocycles. The SMILES string of the molecule is O=C1Cc2ccccc2N1.c1ccc2c(c1)ccc1occc12. The predicted molar refractivity (Wildman–Crippen MR) is 92.5 cm³/mol. The summed E-state index contributed by atoms with van der Waals surface area (Å²) in [6.07, 6.45) is 2.27. The number of carbonyl (C=O) groups is 1. The lowest BCUT2D eigenvalue weighted by Crippen LogP contribution is -2.03. The van der Waals surface area contributed by atoms with Crippen LogP contribution >= 0.6 is 0 Å². The third-order valence-electron chi connectivity index (χ3n) is 4.00. The van der Waals surface area contributed by atoms with Crippen LogP contribution in [0, 0.1) is 0 Å². The summed E-state index contributed by atoms with van der Waals surface area (Å²) in [5.41, 5.74) is 3.03. The summed E-state index contributed by atoms with van der Waals surface area (Å²) in [6, 6.07) is 22.2. The van der Waals surface area contributed by atoms with Gasteiger partial charge in [0.15, 0.2) is 0 Å². The van der Waals surface area contributed by atoms with Crippen LogP contribution in [-0.4, -0.2) is 5.91 Å². The molecule has 0 saturated carbocycles. The third kappa shape index (κ3) is 2.57. The average Bonchev–Trinajstić information content (AvgIpc) is 3.20. The molecule has 1 amide bonds. The van der Waals surface area contributed by atoms with E-state index in [1.165, 1.54) is 16.2 Å². The molecule has 112 valence electrons. The molecule has 1 aliphatic rings. The van der Waals surface area contributed by atoms with Gasteiger partial charge in [-0.1, -0.05) is 48.5 Å². The lowest BCUT2D eigenvalue weighted by atomic mass is 10.1. The van der Waals surface area contributed by atoms with Gasteiger partial charge in [0.05, 0.1) is 12.7 Å². The molecule has 5 rings (SSSR count). The molecule has 0 saturated heterocycles. The lowest BCUT2D eigenvalue weighted by molar-refractivity contribution is -0.115. The van der Waals surface area contributed by atoms with Crippen LogP contribution in [0.4, 0.5) is 5.69 Å². The molecule has 0 spiro atoms. The number of hydrogen-bond acceptors (Lipinski definition) is 2. The summed E-state index contributed by atoms with van der Waals surface area (Å²) in [5, 5.41) is 6.47. The van der Waals surface area contributed by atoms with Crippen LogP contribution in [-0.2, 0) is 11.2 Å². The molecule has 2 heterocycles. The van der Waals surface area contributed by atoms with E-state index in [4.69, 9.17) is 4.42 Å². The third-order valence-corrected chi connectivity index (χ3v) is 4.00. The largest absolute Gasteiger partial charge is 0.464 e. The zero-order chi connectivity index (χ0) is 15.6. The van der Waals surface area contributed by atoms with Gasteiger partial charge in [-0.3, -0.25) is 4.79 Å². The minimum absolute atomic E-state index is 0.0983. The van der Waals surface area contributed by atoms with Gasteiger partial charge in [-0.2, -0.15) is 0 Å². The molecular weight excluding hydrogens is 286 g/mol.